The number of fused-ring (bicyclic) bond motifs is 6. The zero-order chi connectivity index (χ0) is 46.7. The Morgan fingerprint density at radius 3 is 1.73 bits per heavy atom. The van der Waals surface area contributed by atoms with E-state index in [9.17, 15) is 61.8 Å². The van der Waals surface area contributed by atoms with E-state index in [1.54, 1.807) is 36.4 Å². The Hall–Kier alpha value is -4.84. The maximum atomic E-state index is 12.5. The monoisotopic (exact) mass is 947 g/mol. The van der Waals surface area contributed by atoms with Crippen molar-refractivity contribution in [3.63, 3.8) is 0 Å². The summed E-state index contributed by atoms with van der Waals surface area (Å²) in [6, 6.07) is 9.85. The van der Waals surface area contributed by atoms with E-state index in [1.165, 1.54) is 12.1 Å². The third-order valence-electron chi connectivity index (χ3n) is 11.5. The smallest absolute Gasteiger partial charge is 0.303 e. The minimum atomic E-state index is -4.97. The topological polar surface area (TPSA) is 281 Å². The van der Waals surface area contributed by atoms with Crippen LogP contribution in [0.3, 0.4) is 0 Å². The average Bonchev–Trinajstić information content (AvgIpc) is 3.52. The van der Waals surface area contributed by atoms with Gasteiger partial charge < -0.3 is 15.1 Å². The van der Waals surface area contributed by atoms with Crippen LogP contribution in [0, 0.1) is 0 Å². The van der Waals surface area contributed by atoms with E-state index in [2.05, 4.69) is 0 Å². The van der Waals surface area contributed by atoms with Crippen LogP contribution in [0.25, 0.3) is 21.5 Å². The van der Waals surface area contributed by atoms with Crippen molar-refractivity contribution in [2.75, 3.05) is 24.6 Å². The molecule has 0 saturated carbocycles. The van der Waals surface area contributed by atoms with Crippen LogP contribution in [-0.2, 0) is 56.1 Å². The van der Waals surface area contributed by atoms with Crippen molar-refractivity contribution in [2.24, 2.45) is 0 Å². The zero-order valence-electron chi connectivity index (χ0n) is 34.5. The molecule has 2 aliphatic heterocycles. The number of nitrogens with zero attached hydrogens (tertiary/aromatic N) is 2. The van der Waals surface area contributed by atoms with Gasteiger partial charge in [0.15, 0.2) is 12.3 Å². The fraction of sp³-hybridized carbons (Fsp3) is 0.333. The number of rotatable bonds is 16. The Kier molecular flexibility index (Phi) is 12.8. The van der Waals surface area contributed by atoms with Crippen LogP contribution in [0.4, 0.5) is 11.4 Å². The van der Waals surface area contributed by atoms with Gasteiger partial charge in [-0.2, -0.15) is 38.2 Å². The molecule has 0 aliphatic carbocycles. The van der Waals surface area contributed by atoms with Crippen molar-refractivity contribution in [3.8, 4) is 0 Å². The SMILES string of the molecule is CC1(C)C(=CC=CC=CC2=[N+](CCCO)c3ccc4c(S(=O)(=O)O)cc(S(=O)(=O)O)cc4c3C2(C)C)N(CCCCCC(=O)O)c2ccc3c(S(=O)(=O)O)cc(S(=O)(=O)O)cc3c21. The average molecular weight is 948 g/mol. The standard InChI is InChI=1S/C42H46N2O15S4/c1-41(2)36(43(19-10-6-9-14-38(46)47)32-17-15-28-30(39(32)41)22-26(60(48,49)50)24-34(28)62(54,55)56)12-7-5-8-13-37-42(3,4)40-31-23-27(61(51,52)53)25-35(63(57,58)59)29(31)16-18-33(40)44(37)20-11-21-45/h5,7-8,12-13,15-18,22-25,45H,6,9-11,14,19-21H2,1-4H3,(H4-,46,47,48,49,50,51,52,53,54,55,56,57,58,59)/p+1. The lowest BCUT2D eigenvalue weighted by Crippen LogP contribution is -2.28. The molecule has 0 saturated heterocycles. The number of carbonyl (C=O) groups is 1. The van der Waals surface area contributed by atoms with Gasteiger partial charge in [0.2, 0.25) is 5.69 Å². The lowest BCUT2D eigenvalue weighted by atomic mass is 9.79. The Morgan fingerprint density at radius 2 is 1.21 bits per heavy atom. The molecule has 0 bridgehead atoms. The molecule has 0 unspecified atom stereocenters. The molecule has 6 N–H and O–H groups in total. The first kappa shape index (κ1) is 47.6. The summed E-state index contributed by atoms with van der Waals surface area (Å²) < 4.78 is 141. The normalized spacial score (nSPS) is 17.2. The molecule has 0 amide bonds. The van der Waals surface area contributed by atoms with Crippen LogP contribution < -0.4 is 4.90 Å². The summed E-state index contributed by atoms with van der Waals surface area (Å²) in [6.07, 6.45) is 10.6. The molecule has 0 radical (unpaired) electrons. The number of aliphatic carboxylic acids is 1. The van der Waals surface area contributed by atoms with Crippen LogP contribution in [0.1, 0.15) is 70.9 Å². The molecule has 63 heavy (non-hydrogen) atoms. The minimum Gasteiger partial charge on any atom is -0.481 e. The van der Waals surface area contributed by atoms with Crippen molar-refractivity contribution in [2.45, 2.75) is 90.2 Å². The van der Waals surface area contributed by atoms with Gasteiger partial charge in [-0.05, 0) is 85.5 Å². The number of unbranched alkanes of at least 4 members (excludes halogenated alkanes) is 2. The summed E-state index contributed by atoms with van der Waals surface area (Å²) in [4.78, 5) is 10.3. The van der Waals surface area contributed by atoms with E-state index in [0.717, 1.165) is 12.1 Å². The maximum absolute atomic E-state index is 12.5. The quantitative estimate of drug-likeness (QED) is 0.0317. The van der Waals surface area contributed by atoms with Crippen molar-refractivity contribution in [1.82, 2.24) is 0 Å². The van der Waals surface area contributed by atoms with Crippen LogP contribution in [0.5, 0.6) is 0 Å². The van der Waals surface area contributed by atoms with Gasteiger partial charge >= 0.3 is 5.97 Å². The minimum absolute atomic E-state index is 0.0208. The van der Waals surface area contributed by atoms with Gasteiger partial charge in [-0.1, -0.05) is 44.6 Å². The molecule has 2 heterocycles. The predicted molar refractivity (Wildman–Crippen MR) is 235 cm³/mol. The summed E-state index contributed by atoms with van der Waals surface area (Å²) >= 11 is 0. The second kappa shape index (κ2) is 16.9. The highest BCUT2D eigenvalue weighted by Gasteiger charge is 2.46. The van der Waals surface area contributed by atoms with E-state index in [4.69, 9.17) is 5.11 Å². The van der Waals surface area contributed by atoms with Crippen molar-refractivity contribution < 1.29 is 71.5 Å². The highest BCUT2D eigenvalue weighted by atomic mass is 32.2. The summed E-state index contributed by atoms with van der Waals surface area (Å²) in [6.45, 7) is 7.88. The zero-order valence-corrected chi connectivity index (χ0v) is 37.8. The number of hydrogen-bond donors (Lipinski definition) is 6. The molecule has 6 rings (SSSR count). The van der Waals surface area contributed by atoms with Crippen molar-refractivity contribution >= 4 is 85.1 Å². The molecule has 0 atom stereocenters. The number of aliphatic hydroxyl groups is 1. The Balaban J connectivity index is 1.46. The van der Waals surface area contributed by atoms with Crippen LogP contribution in [0.2, 0.25) is 0 Å². The van der Waals surface area contributed by atoms with E-state index in [-0.39, 0.29) is 34.6 Å². The molecule has 2 aliphatic rings. The Morgan fingerprint density at radius 1 is 0.651 bits per heavy atom. The first-order valence-corrected chi connectivity index (χ1v) is 25.3. The number of aliphatic hydroxyl groups excluding tert-OH is 1. The number of carboxylic acids is 1. The number of hydrogen-bond acceptors (Lipinski definition) is 11. The van der Waals surface area contributed by atoms with E-state index >= 15 is 0 Å². The third-order valence-corrected chi connectivity index (χ3v) is 14.9. The number of allylic oxidation sites excluding steroid dienone is 6. The van der Waals surface area contributed by atoms with Gasteiger partial charge in [0.25, 0.3) is 40.5 Å². The van der Waals surface area contributed by atoms with Gasteiger partial charge in [0.05, 0.1) is 15.2 Å². The fourth-order valence-corrected chi connectivity index (χ4v) is 11.5. The molecule has 4 aromatic carbocycles. The first-order valence-electron chi connectivity index (χ1n) is 19.5. The molecule has 17 nitrogen and oxygen atoms in total. The lowest BCUT2D eigenvalue weighted by molar-refractivity contribution is -0.438. The van der Waals surface area contributed by atoms with Gasteiger partial charge in [0.1, 0.15) is 9.79 Å². The highest BCUT2D eigenvalue weighted by molar-refractivity contribution is 7.87. The number of benzene rings is 4. The van der Waals surface area contributed by atoms with Crippen molar-refractivity contribution in [1.29, 1.82) is 0 Å². The first-order chi connectivity index (χ1) is 29.1. The van der Waals surface area contributed by atoms with E-state index < -0.39 is 76.9 Å². The summed E-state index contributed by atoms with van der Waals surface area (Å²) in [5.41, 5.74) is 1.66. The molecule has 0 spiro atoms. The van der Waals surface area contributed by atoms with Gasteiger partial charge in [0, 0.05) is 71.3 Å². The Labute approximate surface area is 365 Å². The highest BCUT2D eigenvalue weighted by Crippen LogP contribution is 2.52. The van der Waals surface area contributed by atoms with Crippen LogP contribution >= 0.6 is 0 Å². The molecule has 4 aromatic rings. The van der Waals surface area contributed by atoms with E-state index in [0.29, 0.717) is 84.8 Å². The number of carboxylic acid groups (broad SMARTS) is 1. The second-order valence-electron chi connectivity index (χ2n) is 16.4. The van der Waals surface area contributed by atoms with Gasteiger partial charge in [-0.15, -0.1) is 0 Å². The summed E-state index contributed by atoms with van der Waals surface area (Å²) in [5, 5.41) is 19.3. The Bertz CT molecular complexity index is 3170. The predicted octanol–water partition coefficient (Wildman–Crippen LogP) is 6.18. The maximum Gasteiger partial charge on any atom is 0.303 e. The summed E-state index contributed by atoms with van der Waals surface area (Å²) in [7, 11) is -19.8. The van der Waals surface area contributed by atoms with Gasteiger partial charge in [-0.3, -0.25) is 23.0 Å². The molecular formula is C42H47N2O15S4+. The molecule has 338 valence electrons. The summed E-state index contributed by atoms with van der Waals surface area (Å²) in [5.74, 6) is -0.928. The van der Waals surface area contributed by atoms with E-state index in [1.807, 2.05) is 43.2 Å². The lowest BCUT2D eigenvalue weighted by Gasteiger charge is -2.27. The van der Waals surface area contributed by atoms with Crippen LogP contribution in [0.15, 0.2) is 104 Å². The van der Waals surface area contributed by atoms with Crippen LogP contribution in [-0.4, -0.2) is 98.0 Å². The molecule has 0 fully saturated rings. The number of anilines is 1. The van der Waals surface area contributed by atoms with Gasteiger partial charge in [-0.25, -0.2) is 0 Å². The molecule has 0 aromatic heterocycles. The largest absolute Gasteiger partial charge is 0.481 e. The molecular weight excluding hydrogens is 901 g/mol. The second-order valence-corrected chi connectivity index (χ2v) is 22.0. The third kappa shape index (κ3) is 9.24. The van der Waals surface area contributed by atoms with Crippen molar-refractivity contribution in [3.05, 3.63) is 95.7 Å². The fourth-order valence-electron chi connectivity index (χ4n) is 8.79. The molecule has 21 heteroatoms.